The molecule has 0 heterocycles. The van der Waals surface area contributed by atoms with Crippen LogP contribution in [0.2, 0.25) is 0 Å². The Kier molecular flexibility index (Phi) is 3.58. The van der Waals surface area contributed by atoms with Crippen LogP contribution >= 0.6 is 0 Å². The van der Waals surface area contributed by atoms with E-state index in [9.17, 15) is 4.79 Å². The highest BCUT2D eigenvalue weighted by Gasteiger charge is 2.23. The van der Waals surface area contributed by atoms with Crippen LogP contribution in [-0.2, 0) is 0 Å². The van der Waals surface area contributed by atoms with Crippen molar-refractivity contribution in [3.05, 3.63) is 0 Å². The Morgan fingerprint density at radius 2 is 2.00 bits per heavy atom. The summed E-state index contributed by atoms with van der Waals surface area (Å²) in [6.45, 7) is 3.82. The molecule has 0 aromatic carbocycles. The summed E-state index contributed by atoms with van der Waals surface area (Å²) in [5.74, 6) is 0.767. The van der Waals surface area contributed by atoms with Gasteiger partial charge in [-0.3, -0.25) is 0 Å². The van der Waals surface area contributed by atoms with Crippen molar-refractivity contribution in [3.63, 3.8) is 0 Å². The van der Waals surface area contributed by atoms with Gasteiger partial charge in [0.05, 0.1) is 0 Å². The number of hydrogen-bond donors (Lipinski definition) is 0. The van der Waals surface area contributed by atoms with Crippen molar-refractivity contribution < 1.29 is 4.79 Å². The smallest absolute Gasteiger partial charge is 0.319 e. The van der Waals surface area contributed by atoms with E-state index in [1.807, 2.05) is 25.9 Å². The Morgan fingerprint density at radius 1 is 1.38 bits per heavy atom. The molecule has 1 aliphatic rings. The minimum absolute atomic E-state index is 0.148. The van der Waals surface area contributed by atoms with E-state index >= 15 is 0 Å². The molecule has 0 aromatic rings. The van der Waals surface area contributed by atoms with Crippen LogP contribution in [0.5, 0.6) is 0 Å². The summed E-state index contributed by atoms with van der Waals surface area (Å²) in [6.07, 6.45) is 3.95. The summed E-state index contributed by atoms with van der Waals surface area (Å²) in [7, 11) is 3.62. The van der Waals surface area contributed by atoms with Gasteiger partial charge in [-0.2, -0.15) is 0 Å². The molecule has 0 atom stereocenters. The summed E-state index contributed by atoms with van der Waals surface area (Å²) < 4.78 is 0. The molecule has 0 spiro atoms. The lowest BCUT2D eigenvalue weighted by molar-refractivity contribution is 0.149. The number of rotatable bonds is 3. The first-order chi connectivity index (χ1) is 6.15. The first-order valence-electron chi connectivity index (χ1n) is 5.11. The molecule has 1 aliphatic carbocycles. The predicted octanol–water partition coefficient (Wildman–Crippen LogP) is 1.79. The number of nitrogens with zero attached hydrogens (tertiary/aromatic N) is 2. The van der Waals surface area contributed by atoms with E-state index in [1.165, 1.54) is 19.3 Å². The van der Waals surface area contributed by atoms with E-state index in [0.29, 0.717) is 0 Å². The van der Waals surface area contributed by atoms with E-state index in [2.05, 4.69) is 0 Å². The third-order valence-electron chi connectivity index (χ3n) is 2.74. The molecule has 0 aromatic heterocycles. The maximum atomic E-state index is 11.6. The van der Waals surface area contributed by atoms with Crippen LogP contribution in [-0.4, -0.2) is 43.0 Å². The molecule has 13 heavy (non-hydrogen) atoms. The van der Waals surface area contributed by atoms with Crippen molar-refractivity contribution >= 4 is 6.03 Å². The van der Waals surface area contributed by atoms with E-state index in [0.717, 1.165) is 19.0 Å². The molecule has 1 rings (SSSR count). The molecule has 3 heteroatoms. The molecule has 0 radical (unpaired) electrons. The molecule has 0 N–H and O–H groups in total. The van der Waals surface area contributed by atoms with Crippen LogP contribution in [0.15, 0.2) is 0 Å². The zero-order valence-electron chi connectivity index (χ0n) is 8.92. The number of hydrogen-bond acceptors (Lipinski definition) is 1. The lowest BCUT2D eigenvalue weighted by Gasteiger charge is -2.33. The van der Waals surface area contributed by atoms with Crippen LogP contribution in [0.4, 0.5) is 4.79 Å². The summed E-state index contributed by atoms with van der Waals surface area (Å²) in [6, 6.07) is 0.148. The van der Waals surface area contributed by atoms with Gasteiger partial charge in [-0.25, -0.2) is 4.79 Å². The second-order valence-corrected chi connectivity index (χ2v) is 4.01. The number of urea groups is 1. The van der Waals surface area contributed by atoms with Crippen LogP contribution in [0.3, 0.4) is 0 Å². The fourth-order valence-corrected chi connectivity index (χ4v) is 1.61. The van der Waals surface area contributed by atoms with Gasteiger partial charge in [-0.15, -0.1) is 0 Å². The lowest BCUT2D eigenvalue weighted by Crippen LogP contribution is -2.42. The van der Waals surface area contributed by atoms with Crippen LogP contribution in [0.1, 0.15) is 26.2 Å². The highest BCUT2D eigenvalue weighted by molar-refractivity contribution is 5.73. The molecular weight excluding hydrogens is 164 g/mol. The second-order valence-electron chi connectivity index (χ2n) is 4.01. The second kappa shape index (κ2) is 4.49. The van der Waals surface area contributed by atoms with Crippen LogP contribution in [0, 0.1) is 5.92 Å². The Morgan fingerprint density at radius 3 is 2.31 bits per heavy atom. The molecule has 3 nitrogen and oxygen atoms in total. The van der Waals surface area contributed by atoms with Gasteiger partial charge >= 0.3 is 6.03 Å². The van der Waals surface area contributed by atoms with Gasteiger partial charge < -0.3 is 9.80 Å². The summed E-state index contributed by atoms with van der Waals surface area (Å²) in [5, 5.41) is 0. The summed E-state index contributed by atoms with van der Waals surface area (Å²) in [5.41, 5.74) is 0. The van der Waals surface area contributed by atoms with Crippen molar-refractivity contribution in [2.24, 2.45) is 5.92 Å². The van der Waals surface area contributed by atoms with Gasteiger partial charge in [-0.05, 0) is 25.7 Å². The quantitative estimate of drug-likeness (QED) is 0.656. The van der Waals surface area contributed by atoms with Gasteiger partial charge in [0, 0.05) is 27.2 Å². The van der Waals surface area contributed by atoms with Gasteiger partial charge in [0.25, 0.3) is 0 Å². The normalized spacial score (nSPS) is 16.5. The number of carbonyl (C=O) groups excluding carboxylic acids is 1. The van der Waals surface area contributed by atoms with Crippen molar-refractivity contribution in [1.29, 1.82) is 0 Å². The maximum Gasteiger partial charge on any atom is 0.319 e. The lowest BCUT2D eigenvalue weighted by atomic mass is 9.85. The molecule has 0 bridgehead atoms. The van der Waals surface area contributed by atoms with Gasteiger partial charge in [-0.1, -0.05) is 6.42 Å². The zero-order valence-corrected chi connectivity index (χ0v) is 8.92. The van der Waals surface area contributed by atoms with Crippen LogP contribution < -0.4 is 0 Å². The third-order valence-corrected chi connectivity index (χ3v) is 2.74. The Bertz CT molecular complexity index is 176. The zero-order chi connectivity index (χ0) is 9.84. The fourth-order valence-electron chi connectivity index (χ4n) is 1.61. The minimum Gasteiger partial charge on any atom is -0.331 e. The van der Waals surface area contributed by atoms with E-state index < -0.39 is 0 Å². The van der Waals surface area contributed by atoms with Crippen molar-refractivity contribution in [3.8, 4) is 0 Å². The van der Waals surface area contributed by atoms with Gasteiger partial charge in [0.15, 0.2) is 0 Å². The first-order valence-corrected chi connectivity index (χ1v) is 5.11. The first kappa shape index (κ1) is 10.4. The highest BCUT2D eigenvalue weighted by atomic mass is 16.2. The fraction of sp³-hybridized carbons (Fsp3) is 0.900. The van der Waals surface area contributed by atoms with E-state index in [1.54, 1.807) is 4.90 Å². The molecule has 0 unspecified atom stereocenters. The van der Waals surface area contributed by atoms with E-state index in [-0.39, 0.29) is 6.03 Å². The predicted molar refractivity (Wildman–Crippen MR) is 53.7 cm³/mol. The Hall–Kier alpha value is -0.730. The van der Waals surface area contributed by atoms with Gasteiger partial charge in [0.2, 0.25) is 0 Å². The van der Waals surface area contributed by atoms with Gasteiger partial charge in [0.1, 0.15) is 0 Å². The molecule has 76 valence electrons. The molecule has 0 aliphatic heterocycles. The molecule has 1 fully saturated rings. The molecular formula is C10H20N2O. The summed E-state index contributed by atoms with van der Waals surface area (Å²) >= 11 is 0. The third kappa shape index (κ3) is 2.61. The Labute approximate surface area is 80.7 Å². The van der Waals surface area contributed by atoms with Crippen LogP contribution in [0.25, 0.3) is 0 Å². The average molecular weight is 184 g/mol. The average Bonchev–Trinajstić information content (AvgIpc) is 2.02. The molecule has 2 amide bonds. The SMILES string of the molecule is CCN(CC1CCC1)C(=O)N(C)C. The van der Waals surface area contributed by atoms with E-state index in [4.69, 9.17) is 0 Å². The topological polar surface area (TPSA) is 23.6 Å². The molecule has 0 saturated heterocycles. The van der Waals surface area contributed by atoms with Crippen molar-refractivity contribution in [1.82, 2.24) is 9.80 Å². The maximum absolute atomic E-state index is 11.6. The minimum atomic E-state index is 0.148. The Balaban J connectivity index is 2.36. The summed E-state index contributed by atoms with van der Waals surface area (Å²) in [4.78, 5) is 15.2. The highest BCUT2D eigenvalue weighted by Crippen LogP contribution is 2.27. The molecule has 1 saturated carbocycles. The van der Waals surface area contributed by atoms with Crippen molar-refractivity contribution in [2.75, 3.05) is 27.2 Å². The van der Waals surface area contributed by atoms with Crippen molar-refractivity contribution in [2.45, 2.75) is 26.2 Å². The monoisotopic (exact) mass is 184 g/mol. The largest absolute Gasteiger partial charge is 0.331 e. The number of carbonyl (C=O) groups is 1. The standard InChI is InChI=1S/C10H20N2O/c1-4-12(10(13)11(2)3)8-9-6-5-7-9/h9H,4-8H2,1-3H3. The number of amides is 2.